The molecule has 0 saturated carbocycles. The molecular weight excluding hydrogens is 368 g/mol. The fourth-order valence-electron chi connectivity index (χ4n) is 2.39. The number of nitrogens with one attached hydrogen (secondary N) is 2. The van der Waals surface area contributed by atoms with E-state index in [1.54, 1.807) is 48.8 Å². The van der Waals surface area contributed by atoms with Crippen LogP contribution in [-0.2, 0) is 26.2 Å². The van der Waals surface area contributed by atoms with Gasteiger partial charge < -0.3 is 10.6 Å². The Morgan fingerprint density at radius 2 is 1.81 bits per heavy atom. The monoisotopic (exact) mass is 390 g/mol. The molecule has 27 heavy (non-hydrogen) atoms. The molecule has 0 saturated heterocycles. The van der Waals surface area contributed by atoms with Crippen molar-refractivity contribution in [1.82, 2.24) is 9.29 Å². The van der Waals surface area contributed by atoms with Gasteiger partial charge in [-0.15, -0.1) is 0 Å². The minimum absolute atomic E-state index is 0.00229. The van der Waals surface area contributed by atoms with E-state index in [4.69, 9.17) is 0 Å². The maximum Gasteiger partial charge on any atom is 0.225 e. The second-order valence-electron chi connectivity index (χ2n) is 6.02. The van der Waals surface area contributed by atoms with Gasteiger partial charge in [0, 0.05) is 50.2 Å². The molecule has 0 spiro atoms. The minimum atomic E-state index is -3.47. The molecule has 9 heteroatoms. The highest BCUT2D eigenvalue weighted by Gasteiger charge is 2.18. The van der Waals surface area contributed by atoms with Gasteiger partial charge in [0.05, 0.1) is 6.26 Å². The fourth-order valence-corrected chi connectivity index (χ4v) is 3.19. The van der Waals surface area contributed by atoms with Crippen molar-refractivity contribution in [2.45, 2.75) is 19.9 Å². The van der Waals surface area contributed by atoms with Crippen LogP contribution in [0.3, 0.4) is 0 Å². The molecule has 0 bridgehead atoms. The molecule has 2 N–H and O–H groups in total. The van der Waals surface area contributed by atoms with Crippen molar-refractivity contribution in [3.8, 4) is 0 Å². The molecule has 2 rings (SSSR count). The molecule has 0 atom stereocenters. The first kappa shape index (κ1) is 20.5. The first-order valence-electron chi connectivity index (χ1n) is 8.25. The third-order valence-electron chi connectivity index (χ3n) is 3.61. The molecule has 2 amide bonds. The van der Waals surface area contributed by atoms with Crippen LogP contribution in [0.2, 0.25) is 0 Å². The Morgan fingerprint density at radius 1 is 1.11 bits per heavy atom. The Morgan fingerprint density at radius 3 is 2.41 bits per heavy atom. The summed E-state index contributed by atoms with van der Waals surface area (Å²) in [5.74, 6) is -0.535. The minimum Gasteiger partial charge on any atom is -0.326 e. The fraction of sp³-hybridized carbons (Fsp3) is 0.278. The van der Waals surface area contributed by atoms with Gasteiger partial charge in [0.25, 0.3) is 0 Å². The number of hydrogen-bond acceptors (Lipinski definition) is 5. The van der Waals surface area contributed by atoms with Crippen LogP contribution < -0.4 is 10.6 Å². The topological polar surface area (TPSA) is 108 Å². The van der Waals surface area contributed by atoms with E-state index in [0.29, 0.717) is 11.4 Å². The summed E-state index contributed by atoms with van der Waals surface area (Å²) < 4.78 is 25.2. The molecule has 1 aromatic heterocycles. The number of sulfonamides is 1. The first-order valence-corrected chi connectivity index (χ1v) is 10.1. The van der Waals surface area contributed by atoms with Crippen LogP contribution in [0.1, 0.15) is 18.9 Å². The molecular formula is C18H22N4O4S. The largest absolute Gasteiger partial charge is 0.326 e. The Balaban J connectivity index is 1.96. The average molecular weight is 390 g/mol. The number of hydrogen-bond donors (Lipinski definition) is 2. The van der Waals surface area contributed by atoms with Crippen molar-refractivity contribution < 1.29 is 18.0 Å². The summed E-state index contributed by atoms with van der Waals surface area (Å²) >= 11 is 0. The van der Waals surface area contributed by atoms with Gasteiger partial charge >= 0.3 is 0 Å². The molecule has 0 unspecified atom stereocenters. The number of carbonyl (C=O) groups is 2. The Kier molecular flexibility index (Phi) is 7.03. The molecule has 0 radical (unpaired) electrons. The third-order valence-corrected chi connectivity index (χ3v) is 4.86. The Labute approximate surface area is 158 Å². The molecule has 1 aromatic carbocycles. The average Bonchev–Trinajstić information content (AvgIpc) is 2.58. The van der Waals surface area contributed by atoms with Crippen molar-refractivity contribution >= 4 is 33.2 Å². The number of amides is 2. The lowest BCUT2D eigenvalue weighted by Gasteiger charge is -2.19. The Bertz CT molecular complexity index is 901. The smallest absolute Gasteiger partial charge is 0.225 e. The van der Waals surface area contributed by atoms with E-state index >= 15 is 0 Å². The Hall–Kier alpha value is -2.78. The normalized spacial score (nSPS) is 11.2. The highest BCUT2D eigenvalue weighted by atomic mass is 32.2. The van der Waals surface area contributed by atoms with Crippen LogP contribution in [0.25, 0.3) is 0 Å². The summed E-state index contributed by atoms with van der Waals surface area (Å²) in [6, 6.07) is 10.2. The van der Waals surface area contributed by atoms with E-state index in [1.165, 1.54) is 11.2 Å². The number of benzene rings is 1. The molecule has 0 aliphatic rings. The summed E-state index contributed by atoms with van der Waals surface area (Å²) in [7, 11) is -3.47. The summed E-state index contributed by atoms with van der Waals surface area (Å²) in [5, 5.41) is 5.33. The molecule has 0 aliphatic heterocycles. The van der Waals surface area contributed by atoms with Crippen molar-refractivity contribution in [2.75, 3.05) is 23.4 Å². The number of pyridine rings is 1. The maximum absolute atomic E-state index is 12.2. The van der Waals surface area contributed by atoms with E-state index in [9.17, 15) is 18.0 Å². The summed E-state index contributed by atoms with van der Waals surface area (Å²) in [6.07, 6.45) is 4.30. The number of aromatic nitrogens is 1. The lowest BCUT2D eigenvalue weighted by Crippen LogP contribution is -2.32. The number of nitrogens with zero attached hydrogens (tertiary/aromatic N) is 2. The highest BCUT2D eigenvalue weighted by Crippen LogP contribution is 2.15. The van der Waals surface area contributed by atoms with Crippen molar-refractivity contribution in [3.63, 3.8) is 0 Å². The number of rotatable bonds is 8. The third kappa shape index (κ3) is 7.16. The second-order valence-corrected chi connectivity index (χ2v) is 8.00. The van der Waals surface area contributed by atoms with Crippen LogP contribution in [0, 0.1) is 0 Å². The molecule has 0 fully saturated rings. The second kappa shape index (κ2) is 9.24. The van der Waals surface area contributed by atoms with Crippen LogP contribution in [0.4, 0.5) is 11.4 Å². The zero-order valence-corrected chi connectivity index (χ0v) is 16.0. The van der Waals surface area contributed by atoms with Gasteiger partial charge in [-0.25, -0.2) is 8.42 Å². The van der Waals surface area contributed by atoms with Crippen LogP contribution >= 0.6 is 0 Å². The number of anilines is 2. The molecule has 8 nitrogen and oxygen atoms in total. The van der Waals surface area contributed by atoms with E-state index < -0.39 is 10.0 Å². The van der Waals surface area contributed by atoms with Gasteiger partial charge in [0.15, 0.2) is 0 Å². The number of carbonyl (C=O) groups excluding carboxylic acids is 2. The zero-order valence-electron chi connectivity index (χ0n) is 15.2. The van der Waals surface area contributed by atoms with Crippen molar-refractivity contribution in [1.29, 1.82) is 0 Å². The summed E-state index contributed by atoms with van der Waals surface area (Å²) in [5.41, 5.74) is 1.82. The van der Waals surface area contributed by atoms with Gasteiger partial charge in [0.2, 0.25) is 21.8 Å². The molecule has 2 aromatic rings. The lowest BCUT2D eigenvalue weighted by molar-refractivity contribution is -0.116. The summed E-state index contributed by atoms with van der Waals surface area (Å²) in [4.78, 5) is 27.3. The zero-order chi connectivity index (χ0) is 19.9. The molecule has 144 valence electrons. The predicted octanol–water partition coefficient (Wildman–Crippen LogP) is 1.83. The van der Waals surface area contributed by atoms with Crippen molar-refractivity contribution in [2.24, 2.45) is 0 Å². The van der Waals surface area contributed by atoms with E-state index in [-0.39, 0.29) is 31.3 Å². The van der Waals surface area contributed by atoms with Gasteiger partial charge in [-0.05, 0) is 29.8 Å². The molecule has 0 aliphatic carbocycles. The highest BCUT2D eigenvalue weighted by molar-refractivity contribution is 7.88. The lowest BCUT2D eigenvalue weighted by atomic mass is 10.2. The quantitative estimate of drug-likeness (QED) is 0.715. The molecule has 1 heterocycles. The van der Waals surface area contributed by atoms with E-state index in [0.717, 1.165) is 11.8 Å². The van der Waals surface area contributed by atoms with E-state index in [1.807, 2.05) is 0 Å². The summed E-state index contributed by atoms with van der Waals surface area (Å²) in [6.45, 7) is 1.59. The SMILES string of the molecule is CC(=O)Nc1cccc(NC(=O)CCN(Cc2cccnc2)S(C)(=O)=O)c1. The van der Waals surface area contributed by atoms with Crippen molar-refractivity contribution in [3.05, 3.63) is 54.4 Å². The van der Waals surface area contributed by atoms with Gasteiger partial charge in [-0.1, -0.05) is 12.1 Å². The van der Waals surface area contributed by atoms with Gasteiger partial charge in [-0.2, -0.15) is 4.31 Å². The van der Waals surface area contributed by atoms with Crippen LogP contribution in [0.5, 0.6) is 0 Å². The standard InChI is InChI=1S/C18H22N4O4S/c1-14(23)20-16-6-3-7-17(11-16)21-18(24)8-10-22(27(2,25)26)13-15-5-4-9-19-12-15/h3-7,9,11-12H,8,10,13H2,1-2H3,(H,20,23)(H,21,24). The van der Waals surface area contributed by atoms with Crippen LogP contribution in [0.15, 0.2) is 48.8 Å². The predicted molar refractivity (Wildman–Crippen MR) is 103 cm³/mol. The van der Waals surface area contributed by atoms with E-state index in [2.05, 4.69) is 15.6 Å². The van der Waals surface area contributed by atoms with Gasteiger partial charge in [-0.3, -0.25) is 14.6 Å². The maximum atomic E-state index is 12.2. The van der Waals surface area contributed by atoms with Crippen LogP contribution in [-0.4, -0.2) is 42.3 Å². The first-order chi connectivity index (χ1) is 12.7. The van der Waals surface area contributed by atoms with Gasteiger partial charge in [0.1, 0.15) is 0 Å².